The Bertz CT molecular complexity index is 407. The molecule has 1 heterocycles. The zero-order valence-electron chi connectivity index (χ0n) is 11.0. The molecule has 3 N–H and O–H groups in total. The van der Waals surface area contributed by atoms with Crippen LogP contribution in [0.2, 0.25) is 0 Å². The molecule has 6 nitrogen and oxygen atoms in total. The second-order valence-electron chi connectivity index (χ2n) is 4.27. The van der Waals surface area contributed by atoms with E-state index in [0.29, 0.717) is 13.1 Å². The summed E-state index contributed by atoms with van der Waals surface area (Å²) in [4.78, 5) is 1.90. The van der Waals surface area contributed by atoms with E-state index in [4.69, 9.17) is 22.2 Å². The van der Waals surface area contributed by atoms with Crippen molar-refractivity contribution in [1.82, 2.24) is 20.1 Å². The summed E-state index contributed by atoms with van der Waals surface area (Å²) in [7, 11) is 5.11. The van der Waals surface area contributed by atoms with Gasteiger partial charge in [-0.15, -0.1) is 0 Å². The second kappa shape index (κ2) is 6.47. The Balaban J connectivity index is 3.10. The molecule has 1 atom stereocenters. The Morgan fingerprint density at radius 1 is 1.63 bits per heavy atom. The van der Waals surface area contributed by atoms with Crippen LogP contribution in [0.5, 0.6) is 5.75 Å². The lowest BCUT2D eigenvalue weighted by Gasteiger charge is -2.23. The van der Waals surface area contributed by atoms with Gasteiger partial charge in [0.05, 0.1) is 19.9 Å². The molecular weight excluding hydrogens is 280 g/mol. The van der Waals surface area contributed by atoms with Crippen LogP contribution in [0, 0.1) is 0 Å². The van der Waals surface area contributed by atoms with Crippen molar-refractivity contribution in [2.45, 2.75) is 18.0 Å². The monoisotopic (exact) mass is 297 g/mol. The van der Waals surface area contributed by atoms with Gasteiger partial charge in [-0.2, -0.15) is 13.9 Å². The Hall–Kier alpha value is -0.960. The molecule has 0 saturated carbocycles. The molecule has 0 fully saturated rings. The van der Waals surface area contributed by atoms with Crippen LogP contribution in [0.4, 0.5) is 8.78 Å². The van der Waals surface area contributed by atoms with Crippen molar-refractivity contribution in [3.05, 3.63) is 11.9 Å². The van der Waals surface area contributed by atoms with E-state index in [-0.39, 0.29) is 11.4 Å². The molecule has 0 saturated heterocycles. The summed E-state index contributed by atoms with van der Waals surface area (Å²) in [6, 6.07) is -1.59. The lowest BCUT2D eigenvalue weighted by Crippen LogP contribution is -2.39. The highest BCUT2D eigenvalue weighted by Gasteiger charge is 2.41. The molecule has 1 rings (SSSR count). The van der Waals surface area contributed by atoms with Crippen LogP contribution in [0.3, 0.4) is 0 Å². The molecule has 9 heteroatoms. The molecule has 0 radical (unpaired) electrons. The lowest BCUT2D eigenvalue weighted by molar-refractivity contribution is 0.0449. The smallest absolute Gasteiger partial charge is 0.343 e. The maximum Gasteiger partial charge on any atom is 0.343 e. The van der Waals surface area contributed by atoms with Gasteiger partial charge < -0.3 is 9.64 Å². The van der Waals surface area contributed by atoms with Gasteiger partial charge in [0.2, 0.25) is 0 Å². The third-order valence-corrected chi connectivity index (χ3v) is 2.81. The van der Waals surface area contributed by atoms with E-state index in [1.54, 1.807) is 0 Å². The highest BCUT2D eigenvalue weighted by atomic mass is 35.5. The Kier molecular flexibility index (Phi) is 5.48. The number of rotatable bonds is 7. The molecule has 0 aliphatic carbocycles. The number of nitrogens with two attached hydrogens (primary N) is 1. The summed E-state index contributed by atoms with van der Waals surface area (Å²) in [5.74, 6) is 5.39. The first-order valence-corrected chi connectivity index (χ1v) is 5.96. The molecule has 110 valence electrons. The SMILES string of the molecule is COc1cnn(CCN(C)C)c1C(NN)C(F)(F)Cl. The molecular formula is C10H18ClF2N5O. The van der Waals surface area contributed by atoms with Crippen LogP contribution in [0.25, 0.3) is 0 Å². The van der Waals surface area contributed by atoms with Crippen LogP contribution in [-0.4, -0.2) is 47.8 Å². The molecule has 0 aliphatic heterocycles. The van der Waals surface area contributed by atoms with Crippen LogP contribution >= 0.6 is 11.6 Å². The van der Waals surface area contributed by atoms with Crippen LogP contribution in [0.1, 0.15) is 11.7 Å². The third-order valence-electron chi connectivity index (χ3n) is 2.59. The number of aromatic nitrogens is 2. The van der Waals surface area contributed by atoms with Gasteiger partial charge in [0.15, 0.2) is 5.75 Å². The fraction of sp³-hybridized carbons (Fsp3) is 0.700. The van der Waals surface area contributed by atoms with Gasteiger partial charge in [0.25, 0.3) is 0 Å². The molecule has 0 aliphatic rings. The first-order valence-electron chi connectivity index (χ1n) is 5.58. The minimum absolute atomic E-state index is 0.117. The quantitative estimate of drug-likeness (QED) is 0.442. The minimum atomic E-state index is -3.56. The van der Waals surface area contributed by atoms with Gasteiger partial charge in [0, 0.05) is 6.54 Å². The molecule has 0 amide bonds. The molecule has 0 spiro atoms. The number of hydrogen-bond acceptors (Lipinski definition) is 5. The maximum atomic E-state index is 13.4. The Labute approximate surface area is 115 Å². The van der Waals surface area contributed by atoms with E-state index in [2.05, 4.69) is 5.10 Å². The van der Waals surface area contributed by atoms with Crippen molar-refractivity contribution in [1.29, 1.82) is 0 Å². The second-order valence-corrected chi connectivity index (χ2v) is 4.77. The summed E-state index contributed by atoms with van der Waals surface area (Å²) in [6.45, 7) is 1.04. The number of hydrazine groups is 1. The van der Waals surface area contributed by atoms with E-state index >= 15 is 0 Å². The molecule has 0 bridgehead atoms. The number of methoxy groups -OCH3 is 1. The Morgan fingerprint density at radius 3 is 2.68 bits per heavy atom. The van der Waals surface area contributed by atoms with E-state index < -0.39 is 11.4 Å². The first-order chi connectivity index (χ1) is 8.81. The van der Waals surface area contributed by atoms with E-state index in [1.807, 2.05) is 24.4 Å². The highest BCUT2D eigenvalue weighted by molar-refractivity contribution is 6.22. The summed E-state index contributed by atoms with van der Waals surface area (Å²) in [5, 5.41) is 0.461. The van der Waals surface area contributed by atoms with Crippen molar-refractivity contribution in [2.75, 3.05) is 27.7 Å². The molecule has 1 unspecified atom stereocenters. The van der Waals surface area contributed by atoms with E-state index in [0.717, 1.165) is 0 Å². The van der Waals surface area contributed by atoms with Gasteiger partial charge in [-0.25, -0.2) is 5.43 Å². The number of nitrogens with zero attached hydrogens (tertiary/aromatic N) is 3. The molecule has 0 aromatic carbocycles. The average molecular weight is 298 g/mol. The standard InChI is InChI=1S/C10H18ClF2N5O/c1-17(2)4-5-18-8(7(19-3)6-15-18)9(16-14)10(11,12)13/h6,9,16H,4-5,14H2,1-3H3. The van der Waals surface area contributed by atoms with Crippen LogP contribution in [0.15, 0.2) is 6.20 Å². The number of likely N-dealkylation sites (N-methyl/N-ethyl adjacent to an activating group) is 1. The lowest BCUT2D eigenvalue weighted by atomic mass is 10.2. The summed E-state index contributed by atoms with van der Waals surface area (Å²) >= 11 is 5.07. The maximum absolute atomic E-state index is 13.4. The number of nitrogens with one attached hydrogen (secondary N) is 1. The normalized spacial score (nSPS) is 13.9. The van der Waals surface area contributed by atoms with E-state index in [9.17, 15) is 8.78 Å². The third kappa shape index (κ3) is 4.00. The van der Waals surface area contributed by atoms with Crippen LogP contribution in [-0.2, 0) is 6.54 Å². The summed E-state index contributed by atoms with van der Waals surface area (Å²) in [5.41, 5.74) is 2.13. The first kappa shape index (κ1) is 16.1. The number of ether oxygens (including phenoxy) is 1. The number of halogens is 3. The van der Waals surface area contributed by atoms with Crippen molar-refractivity contribution >= 4 is 11.6 Å². The van der Waals surface area contributed by atoms with Crippen molar-refractivity contribution in [3.63, 3.8) is 0 Å². The summed E-state index contributed by atoms with van der Waals surface area (Å²) < 4.78 is 33.2. The van der Waals surface area contributed by atoms with Gasteiger partial charge in [-0.3, -0.25) is 10.5 Å². The van der Waals surface area contributed by atoms with Gasteiger partial charge in [-0.05, 0) is 25.7 Å². The van der Waals surface area contributed by atoms with Gasteiger partial charge in [-0.1, -0.05) is 0 Å². The predicted octanol–water partition coefficient (Wildman–Crippen LogP) is 0.789. The average Bonchev–Trinajstić information content (AvgIpc) is 2.68. The molecule has 1 aromatic heterocycles. The molecule has 19 heavy (non-hydrogen) atoms. The van der Waals surface area contributed by atoms with Gasteiger partial charge in [0.1, 0.15) is 11.7 Å². The number of alkyl halides is 3. The van der Waals surface area contributed by atoms with Crippen molar-refractivity contribution in [2.24, 2.45) is 5.84 Å². The summed E-state index contributed by atoms with van der Waals surface area (Å²) in [6.07, 6.45) is 1.36. The molecule has 1 aromatic rings. The van der Waals surface area contributed by atoms with Crippen molar-refractivity contribution < 1.29 is 13.5 Å². The van der Waals surface area contributed by atoms with Gasteiger partial charge >= 0.3 is 5.38 Å². The number of hydrogen-bond donors (Lipinski definition) is 2. The Morgan fingerprint density at radius 2 is 2.26 bits per heavy atom. The fourth-order valence-corrected chi connectivity index (χ4v) is 1.79. The largest absolute Gasteiger partial charge is 0.493 e. The predicted molar refractivity (Wildman–Crippen MR) is 68.2 cm³/mol. The topological polar surface area (TPSA) is 68.3 Å². The zero-order valence-corrected chi connectivity index (χ0v) is 11.8. The highest BCUT2D eigenvalue weighted by Crippen LogP contribution is 2.38. The zero-order chi connectivity index (χ0) is 14.6. The van der Waals surface area contributed by atoms with Crippen molar-refractivity contribution in [3.8, 4) is 5.75 Å². The van der Waals surface area contributed by atoms with Crippen LogP contribution < -0.4 is 16.0 Å². The van der Waals surface area contributed by atoms with E-state index in [1.165, 1.54) is 18.0 Å². The fourth-order valence-electron chi connectivity index (χ4n) is 1.63. The minimum Gasteiger partial charge on any atom is -0.493 e.